The van der Waals surface area contributed by atoms with Crippen LogP contribution in [0.15, 0.2) is 76.6 Å². The lowest BCUT2D eigenvalue weighted by molar-refractivity contribution is -0.132. The van der Waals surface area contributed by atoms with Crippen molar-refractivity contribution in [2.45, 2.75) is 35.9 Å². The number of Topliss-reactive ketones (excluding diaryl/α,β-unsaturated/α-hetero) is 1. The number of amides is 1. The van der Waals surface area contributed by atoms with Crippen LogP contribution in [0, 0.1) is 5.82 Å². The molecule has 4 aromatic rings. The largest absolute Gasteiger partial charge is 0.507 e. The molecule has 44 heavy (non-hydrogen) atoms. The number of aliphatic hydroxyl groups excluding tert-OH is 1. The molecular weight excluding hydrogens is 605 g/mol. The summed E-state index contributed by atoms with van der Waals surface area (Å²) < 4.78 is 31.8. The number of halogens is 1. The van der Waals surface area contributed by atoms with Crippen molar-refractivity contribution in [2.24, 2.45) is 0 Å². The zero-order valence-electron chi connectivity index (χ0n) is 23.7. The molecule has 1 atom stereocenters. The fraction of sp³-hybridized carbons (Fsp3) is 0.250. The number of thioether (sulfide) groups is 1. The van der Waals surface area contributed by atoms with Gasteiger partial charge in [0.25, 0.3) is 5.78 Å². The second kappa shape index (κ2) is 13.1. The summed E-state index contributed by atoms with van der Waals surface area (Å²) in [4.78, 5) is 28.5. The van der Waals surface area contributed by atoms with Crippen LogP contribution in [0.2, 0.25) is 0 Å². The van der Waals surface area contributed by atoms with Crippen LogP contribution in [-0.4, -0.2) is 46.8 Å². The number of benzene rings is 3. The molecule has 2 aliphatic heterocycles. The number of unbranched alkanes of at least 4 members (excludes halogenated alkanes) is 1. The van der Waals surface area contributed by atoms with E-state index in [1.54, 1.807) is 60.7 Å². The predicted octanol–water partition coefficient (Wildman–Crippen LogP) is 6.55. The standard InChI is InChI=1S/C32H28FN3O6S2/c1-2-3-13-40-22-9-6-8-19(16-22)27-26(28(37)20-11-12-24-25(17-20)42-15-14-41-24)29(38)30(39)36(27)31-34-35-32(44-31)43-18-21-7-4-5-10-23(21)33/h4-12,16-17,27,37H,2-3,13-15,18H2,1H3. The van der Waals surface area contributed by atoms with E-state index in [-0.39, 0.29) is 22.3 Å². The highest BCUT2D eigenvalue weighted by atomic mass is 32.2. The Hall–Kier alpha value is -4.42. The molecule has 0 spiro atoms. The summed E-state index contributed by atoms with van der Waals surface area (Å²) in [5.74, 6) is -0.568. The normalized spacial score (nSPS) is 17.2. The molecule has 0 bridgehead atoms. The lowest BCUT2D eigenvalue weighted by Gasteiger charge is -2.23. The number of ether oxygens (including phenoxy) is 3. The van der Waals surface area contributed by atoms with Crippen molar-refractivity contribution >= 4 is 45.7 Å². The Morgan fingerprint density at radius 2 is 1.89 bits per heavy atom. The molecule has 12 heteroatoms. The first kappa shape index (κ1) is 29.6. The number of fused-ring (bicyclic) bond motifs is 1. The highest BCUT2D eigenvalue weighted by Crippen LogP contribution is 2.45. The van der Waals surface area contributed by atoms with Crippen LogP contribution in [0.3, 0.4) is 0 Å². The van der Waals surface area contributed by atoms with Crippen molar-refractivity contribution in [2.75, 3.05) is 24.7 Å². The number of carbonyl (C=O) groups excluding carboxylic acids is 2. The first-order chi connectivity index (χ1) is 21.4. The maximum Gasteiger partial charge on any atom is 0.301 e. The van der Waals surface area contributed by atoms with Crippen LogP contribution in [0.5, 0.6) is 17.2 Å². The maximum absolute atomic E-state index is 14.2. The number of hydrogen-bond donors (Lipinski definition) is 1. The molecule has 1 fully saturated rings. The fourth-order valence-corrected chi connectivity index (χ4v) is 6.77. The van der Waals surface area contributed by atoms with Crippen molar-refractivity contribution in [3.63, 3.8) is 0 Å². The third kappa shape index (κ3) is 6.00. The smallest absolute Gasteiger partial charge is 0.301 e. The van der Waals surface area contributed by atoms with Gasteiger partial charge in [0, 0.05) is 11.3 Å². The third-order valence-electron chi connectivity index (χ3n) is 7.11. The Labute approximate surface area is 261 Å². The summed E-state index contributed by atoms with van der Waals surface area (Å²) in [6, 6.07) is 17.4. The fourth-order valence-electron chi connectivity index (χ4n) is 4.91. The zero-order valence-corrected chi connectivity index (χ0v) is 25.3. The van der Waals surface area contributed by atoms with Gasteiger partial charge in [-0.05, 0) is 53.9 Å². The molecule has 1 N–H and O–H groups in total. The van der Waals surface area contributed by atoms with Crippen LogP contribution in [0.4, 0.5) is 9.52 Å². The van der Waals surface area contributed by atoms with Crippen molar-refractivity contribution < 1.29 is 33.3 Å². The van der Waals surface area contributed by atoms with Gasteiger partial charge in [-0.3, -0.25) is 14.5 Å². The van der Waals surface area contributed by atoms with Crippen molar-refractivity contribution in [1.82, 2.24) is 10.2 Å². The van der Waals surface area contributed by atoms with Crippen LogP contribution < -0.4 is 19.1 Å². The average Bonchev–Trinajstić information content (AvgIpc) is 3.62. The topological polar surface area (TPSA) is 111 Å². The zero-order chi connectivity index (χ0) is 30.6. The van der Waals surface area contributed by atoms with Gasteiger partial charge in [0.2, 0.25) is 5.13 Å². The molecule has 3 aromatic carbocycles. The number of rotatable bonds is 10. The summed E-state index contributed by atoms with van der Waals surface area (Å²) in [5, 5.41) is 20.2. The van der Waals surface area contributed by atoms with E-state index in [0.717, 1.165) is 24.2 Å². The molecule has 0 radical (unpaired) electrons. The predicted molar refractivity (Wildman–Crippen MR) is 165 cm³/mol. The van der Waals surface area contributed by atoms with Gasteiger partial charge in [-0.2, -0.15) is 0 Å². The molecule has 226 valence electrons. The summed E-state index contributed by atoms with van der Waals surface area (Å²) in [5.41, 5.74) is 1.25. The van der Waals surface area contributed by atoms with E-state index >= 15 is 0 Å². The molecule has 1 saturated heterocycles. The second-order valence-electron chi connectivity index (χ2n) is 10.0. The highest BCUT2D eigenvalue weighted by molar-refractivity contribution is 8.00. The Bertz CT molecular complexity index is 1740. The van der Waals surface area contributed by atoms with Gasteiger partial charge in [-0.1, -0.05) is 66.8 Å². The van der Waals surface area contributed by atoms with Crippen LogP contribution in [-0.2, 0) is 15.3 Å². The van der Waals surface area contributed by atoms with E-state index in [1.807, 2.05) is 0 Å². The second-order valence-corrected chi connectivity index (χ2v) is 12.2. The van der Waals surface area contributed by atoms with Gasteiger partial charge in [-0.15, -0.1) is 10.2 Å². The number of anilines is 1. The first-order valence-corrected chi connectivity index (χ1v) is 15.9. The van der Waals surface area contributed by atoms with E-state index < -0.39 is 17.7 Å². The first-order valence-electron chi connectivity index (χ1n) is 14.1. The molecule has 3 heterocycles. The summed E-state index contributed by atoms with van der Waals surface area (Å²) >= 11 is 2.38. The molecule has 1 aromatic heterocycles. The van der Waals surface area contributed by atoms with Gasteiger partial charge < -0.3 is 19.3 Å². The molecule has 1 unspecified atom stereocenters. The Balaban J connectivity index is 1.39. The number of carbonyl (C=O) groups is 2. The van der Waals surface area contributed by atoms with Gasteiger partial charge in [0.05, 0.1) is 18.2 Å². The summed E-state index contributed by atoms with van der Waals surface area (Å²) in [7, 11) is 0. The molecular formula is C32H28FN3O6S2. The lowest BCUT2D eigenvalue weighted by atomic mass is 9.95. The minimum absolute atomic E-state index is 0.104. The number of nitrogens with zero attached hydrogens (tertiary/aromatic N) is 3. The van der Waals surface area contributed by atoms with Crippen molar-refractivity contribution in [3.8, 4) is 17.2 Å². The highest BCUT2D eigenvalue weighted by Gasteiger charge is 2.48. The van der Waals surface area contributed by atoms with Crippen molar-refractivity contribution in [3.05, 3.63) is 94.8 Å². The maximum atomic E-state index is 14.2. The number of ketones is 1. The van der Waals surface area contributed by atoms with Crippen molar-refractivity contribution in [1.29, 1.82) is 0 Å². The molecule has 6 rings (SSSR count). The van der Waals surface area contributed by atoms with E-state index in [2.05, 4.69) is 17.1 Å². The van der Waals surface area contributed by atoms with Crippen LogP contribution in [0.25, 0.3) is 5.76 Å². The number of aliphatic hydroxyl groups is 1. The molecule has 0 saturated carbocycles. The van der Waals surface area contributed by atoms with Crippen LogP contribution in [0.1, 0.15) is 42.5 Å². The minimum atomic E-state index is -1.02. The summed E-state index contributed by atoms with van der Waals surface area (Å²) in [6.45, 7) is 3.33. The van der Waals surface area contributed by atoms with E-state index in [9.17, 15) is 19.1 Å². The quantitative estimate of drug-likeness (QED) is 0.0519. The van der Waals surface area contributed by atoms with Crippen LogP contribution >= 0.6 is 23.1 Å². The molecule has 0 aliphatic carbocycles. The summed E-state index contributed by atoms with van der Waals surface area (Å²) in [6.07, 6.45) is 1.83. The average molecular weight is 634 g/mol. The Kier molecular flexibility index (Phi) is 8.80. The van der Waals surface area contributed by atoms with E-state index in [4.69, 9.17) is 14.2 Å². The monoisotopic (exact) mass is 633 g/mol. The number of hydrogen-bond acceptors (Lipinski definition) is 10. The molecule has 9 nitrogen and oxygen atoms in total. The lowest BCUT2D eigenvalue weighted by Crippen LogP contribution is -2.29. The van der Waals surface area contributed by atoms with E-state index in [0.29, 0.717) is 63.9 Å². The Morgan fingerprint density at radius 3 is 2.70 bits per heavy atom. The van der Waals surface area contributed by atoms with Gasteiger partial charge in [0.15, 0.2) is 15.8 Å². The van der Waals surface area contributed by atoms with E-state index in [1.165, 1.54) is 22.7 Å². The van der Waals surface area contributed by atoms with Gasteiger partial charge in [0.1, 0.15) is 30.5 Å². The van der Waals surface area contributed by atoms with Gasteiger partial charge >= 0.3 is 5.91 Å². The Morgan fingerprint density at radius 1 is 1.07 bits per heavy atom. The molecule has 2 aliphatic rings. The third-order valence-corrected chi connectivity index (χ3v) is 9.22. The molecule has 1 amide bonds. The minimum Gasteiger partial charge on any atom is -0.507 e. The number of aromatic nitrogens is 2. The SMILES string of the molecule is CCCCOc1cccc(C2C(=C(O)c3ccc4c(c3)OCCO4)C(=O)C(=O)N2c2nnc(SCc3ccccc3F)s2)c1. The van der Waals surface area contributed by atoms with Gasteiger partial charge in [-0.25, -0.2) is 4.39 Å².